The summed E-state index contributed by atoms with van der Waals surface area (Å²) < 4.78 is 12.2. The Bertz CT molecular complexity index is 568. The first-order chi connectivity index (χ1) is 10.7. The minimum absolute atomic E-state index is 0.0452. The van der Waals surface area contributed by atoms with Gasteiger partial charge in [0.05, 0.1) is 11.2 Å². The predicted molar refractivity (Wildman–Crippen MR) is 94.1 cm³/mol. The second kappa shape index (κ2) is 6.66. The van der Waals surface area contributed by atoms with Gasteiger partial charge in [0.2, 0.25) is 0 Å². The molecule has 4 nitrogen and oxygen atoms in total. The number of benzene rings is 1. The van der Waals surface area contributed by atoms with Gasteiger partial charge in [0.1, 0.15) is 0 Å². The molecule has 1 aromatic carbocycles. The van der Waals surface area contributed by atoms with Crippen molar-refractivity contribution in [3.8, 4) is 0 Å². The summed E-state index contributed by atoms with van der Waals surface area (Å²) >= 11 is 0. The summed E-state index contributed by atoms with van der Waals surface area (Å²) in [5.41, 5.74) is 1.87. The monoisotopic (exact) mass is 317 g/mol. The number of carbonyl (C=O) groups is 1. The Morgan fingerprint density at radius 3 is 2.35 bits per heavy atom. The van der Waals surface area contributed by atoms with Crippen LogP contribution in [0, 0.1) is 6.92 Å². The van der Waals surface area contributed by atoms with Crippen LogP contribution in [0.25, 0.3) is 0 Å². The molecule has 0 saturated carbocycles. The van der Waals surface area contributed by atoms with E-state index in [4.69, 9.17) is 9.31 Å². The molecule has 1 amide bonds. The van der Waals surface area contributed by atoms with Crippen LogP contribution in [0.3, 0.4) is 0 Å². The lowest BCUT2D eigenvalue weighted by atomic mass is 9.75. The summed E-state index contributed by atoms with van der Waals surface area (Å²) in [6, 6.07) is 5.69. The molecule has 0 atom stereocenters. The molecule has 1 saturated heterocycles. The molecular weight excluding hydrogens is 289 g/mol. The fraction of sp³-hybridized carbons (Fsp3) is 0.611. The zero-order valence-electron chi connectivity index (χ0n) is 15.2. The van der Waals surface area contributed by atoms with Crippen molar-refractivity contribution in [2.24, 2.45) is 0 Å². The number of amides is 1. The number of hydrogen-bond donors (Lipinski definition) is 1. The summed E-state index contributed by atoms with van der Waals surface area (Å²) in [7, 11) is -0.441. The molecule has 2 rings (SSSR count). The fourth-order valence-electron chi connectivity index (χ4n) is 2.49. The Morgan fingerprint density at radius 2 is 1.78 bits per heavy atom. The maximum atomic E-state index is 12.3. The number of aryl methyl sites for hydroxylation is 1. The van der Waals surface area contributed by atoms with Crippen molar-refractivity contribution in [1.82, 2.24) is 5.32 Å². The van der Waals surface area contributed by atoms with E-state index in [2.05, 4.69) is 12.2 Å². The van der Waals surface area contributed by atoms with Crippen LogP contribution >= 0.6 is 0 Å². The topological polar surface area (TPSA) is 47.6 Å². The standard InChI is InChI=1S/C18H28BNO3/c1-7-8-11-20-16(21)14-10-9-13(2)15(12-14)19-22-17(3,4)18(5,6)23-19/h9-10,12H,7-8,11H2,1-6H3,(H,20,21). The van der Waals surface area contributed by atoms with E-state index in [0.29, 0.717) is 12.1 Å². The third-order valence-corrected chi connectivity index (χ3v) is 4.86. The molecule has 0 radical (unpaired) electrons. The fourth-order valence-corrected chi connectivity index (χ4v) is 2.49. The Labute approximate surface area is 140 Å². The van der Waals surface area contributed by atoms with Crippen LogP contribution in [0.1, 0.15) is 63.4 Å². The van der Waals surface area contributed by atoms with Crippen molar-refractivity contribution >= 4 is 18.5 Å². The molecule has 0 bridgehead atoms. The molecular formula is C18H28BNO3. The quantitative estimate of drug-likeness (QED) is 0.671. The number of rotatable bonds is 5. The van der Waals surface area contributed by atoms with E-state index in [0.717, 1.165) is 23.9 Å². The average Bonchev–Trinajstić information content (AvgIpc) is 2.68. The first kappa shape index (κ1) is 18.0. The SMILES string of the molecule is CCCCNC(=O)c1ccc(C)c(B2OC(C)(C)C(C)(C)O2)c1. The van der Waals surface area contributed by atoms with Gasteiger partial charge in [-0.15, -0.1) is 0 Å². The van der Waals surface area contributed by atoms with Crippen LogP contribution in [-0.2, 0) is 9.31 Å². The third kappa shape index (κ3) is 3.78. The lowest BCUT2D eigenvalue weighted by molar-refractivity contribution is 0.00578. The lowest BCUT2D eigenvalue weighted by Crippen LogP contribution is -2.41. The highest BCUT2D eigenvalue weighted by molar-refractivity contribution is 6.62. The molecule has 1 heterocycles. The molecule has 1 aromatic rings. The van der Waals surface area contributed by atoms with Crippen molar-refractivity contribution in [1.29, 1.82) is 0 Å². The molecule has 126 valence electrons. The van der Waals surface area contributed by atoms with Crippen molar-refractivity contribution < 1.29 is 14.1 Å². The molecule has 0 unspecified atom stereocenters. The first-order valence-corrected chi connectivity index (χ1v) is 8.42. The van der Waals surface area contributed by atoms with Crippen LogP contribution in [0.4, 0.5) is 0 Å². The van der Waals surface area contributed by atoms with E-state index in [9.17, 15) is 4.79 Å². The minimum atomic E-state index is -0.441. The summed E-state index contributed by atoms with van der Waals surface area (Å²) in [4.78, 5) is 12.3. The summed E-state index contributed by atoms with van der Waals surface area (Å²) in [6.07, 6.45) is 2.05. The van der Waals surface area contributed by atoms with E-state index in [-0.39, 0.29) is 17.1 Å². The van der Waals surface area contributed by atoms with Crippen LogP contribution in [0.5, 0.6) is 0 Å². The van der Waals surface area contributed by atoms with Gasteiger partial charge in [-0.3, -0.25) is 4.79 Å². The highest BCUT2D eigenvalue weighted by atomic mass is 16.7. The molecule has 1 fully saturated rings. The lowest BCUT2D eigenvalue weighted by Gasteiger charge is -2.32. The summed E-state index contributed by atoms with van der Waals surface area (Å²) in [6.45, 7) is 12.9. The molecule has 1 N–H and O–H groups in total. The smallest absolute Gasteiger partial charge is 0.399 e. The zero-order valence-corrected chi connectivity index (χ0v) is 15.2. The highest BCUT2D eigenvalue weighted by Crippen LogP contribution is 2.36. The molecule has 0 spiro atoms. The van der Waals surface area contributed by atoms with Crippen molar-refractivity contribution in [2.45, 2.75) is 65.6 Å². The van der Waals surface area contributed by atoms with Gasteiger partial charge in [0.25, 0.3) is 5.91 Å². The van der Waals surface area contributed by atoms with Crippen molar-refractivity contribution in [3.63, 3.8) is 0 Å². The van der Waals surface area contributed by atoms with Crippen LogP contribution in [0.2, 0.25) is 0 Å². The summed E-state index contributed by atoms with van der Waals surface area (Å²) in [5, 5.41) is 2.95. The molecule has 1 aliphatic rings. The average molecular weight is 317 g/mol. The van der Waals surface area contributed by atoms with Crippen LogP contribution < -0.4 is 10.8 Å². The van der Waals surface area contributed by atoms with Gasteiger partial charge in [0, 0.05) is 12.1 Å². The third-order valence-electron chi connectivity index (χ3n) is 4.86. The van der Waals surface area contributed by atoms with Crippen LogP contribution in [-0.4, -0.2) is 30.8 Å². The van der Waals surface area contributed by atoms with Gasteiger partial charge in [-0.25, -0.2) is 0 Å². The van der Waals surface area contributed by atoms with Gasteiger partial charge < -0.3 is 14.6 Å². The molecule has 0 aliphatic carbocycles. The molecule has 5 heteroatoms. The number of unbranched alkanes of at least 4 members (excludes halogenated alkanes) is 1. The maximum absolute atomic E-state index is 12.3. The molecule has 23 heavy (non-hydrogen) atoms. The van der Waals surface area contributed by atoms with E-state index >= 15 is 0 Å². The van der Waals surface area contributed by atoms with E-state index in [1.807, 2.05) is 52.8 Å². The maximum Gasteiger partial charge on any atom is 0.495 e. The summed E-state index contributed by atoms with van der Waals surface area (Å²) in [5.74, 6) is -0.0452. The van der Waals surface area contributed by atoms with Gasteiger partial charge in [-0.05, 0) is 58.6 Å². The predicted octanol–water partition coefficient (Wildman–Crippen LogP) is 2.82. The largest absolute Gasteiger partial charge is 0.495 e. The number of hydrogen-bond acceptors (Lipinski definition) is 3. The number of carbonyl (C=O) groups excluding carboxylic acids is 1. The van der Waals surface area contributed by atoms with Gasteiger partial charge >= 0.3 is 7.12 Å². The first-order valence-electron chi connectivity index (χ1n) is 8.42. The Hall–Kier alpha value is -1.33. The van der Waals surface area contributed by atoms with Crippen LogP contribution in [0.15, 0.2) is 18.2 Å². The van der Waals surface area contributed by atoms with Gasteiger partial charge in [0.15, 0.2) is 0 Å². The second-order valence-corrected chi connectivity index (χ2v) is 7.27. The van der Waals surface area contributed by atoms with Gasteiger partial charge in [-0.1, -0.05) is 25.0 Å². The van der Waals surface area contributed by atoms with Crippen molar-refractivity contribution in [3.05, 3.63) is 29.3 Å². The van der Waals surface area contributed by atoms with Crippen molar-refractivity contribution in [2.75, 3.05) is 6.54 Å². The van der Waals surface area contributed by atoms with Gasteiger partial charge in [-0.2, -0.15) is 0 Å². The Balaban J connectivity index is 2.20. The zero-order chi connectivity index (χ0) is 17.3. The number of nitrogens with one attached hydrogen (secondary N) is 1. The minimum Gasteiger partial charge on any atom is -0.399 e. The Morgan fingerprint density at radius 1 is 1.17 bits per heavy atom. The van der Waals surface area contributed by atoms with E-state index < -0.39 is 7.12 Å². The molecule has 0 aromatic heterocycles. The van der Waals surface area contributed by atoms with E-state index in [1.54, 1.807) is 0 Å². The normalized spacial score (nSPS) is 19.0. The Kier molecular flexibility index (Phi) is 5.22. The highest BCUT2D eigenvalue weighted by Gasteiger charge is 2.52. The van der Waals surface area contributed by atoms with E-state index in [1.165, 1.54) is 0 Å². The second-order valence-electron chi connectivity index (χ2n) is 7.27. The molecule has 1 aliphatic heterocycles.